The molecule has 0 aliphatic rings. The van der Waals surface area contributed by atoms with Crippen molar-refractivity contribution in [3.63, 3.8) is 0 Å². The van der Waals surface area contributed by atoms with Crippen molar-refractivity contribution in [2.75, 3.05) is 0 Å². The van der Waals surface area contributed by atoms with Gasteiger partial charge in [0, 0.05) is 6.42 Å². The van der Waals surface area contributed by atoms with Crippen LogP contribution in [0.5, 0.6) is 5.75 Å². The summed E-state index contributed by atoms with van der Waals surface area (Å²) in [7, 11) is 0. The molecule has 4 heteroatoms. The van der Waals surface area contributed by atoms with Crippen LogP contribution in [0.4, 0.5) is 0 Å². The number of carboxylic acid groups (broad SMARTS) is 1. The monoisotopic (exact) mass is 671 g/mol. The Kier molecular flexibility index (Phi) is 42.1. The van der Waals surface area contributed by atoms with Crippen molar-refractivity contribution in [2.24, 2.45) is 0 Å². The molecule has 0 atom stereocenters. The number of allylic oxidation sites excluding steroid dienone is 2. The molecule has 0 heterocycles. The molecule has 0 aliphatic carbocycles. The van der Waals surface area contributed by atoms with E-state index in [-0.39, 0.29) is 37.7 Å². The van der Waals surface area contributed by atoms with Crippen LogP contribution in [0, 0.1) is 0 Å². The molecule has 0 unspecified atom stereocenters. The number of carbonyl (C=O) groups is 1. The number of phenols is 1. The number of aromatic hydroxyl groups is 1. The fourth-order valence-corrected chi connectivity index (χ4v) is 5.89. The number of phenolic OH excluding ortho intramolecular Hbond substituents is 1. The number of benzene rings is 1. The summed E-state index contributed by atoms with van der Waals surface area (Å²) in [4.78, 5) is 10.3. The van der Waals surface area contributed by atoms with Gasteiger partial charge in [0.15, 0.2) is 0 Å². The predicted molar refractivity (Wildman–Crippen MR) is 207 cm³/mol. The second-order valence-corrected chi connectivity index (χ2v) is 13.4. The van der Waals surface area contributed by atoms with Gasteiger partial charge in [-0.1, -0.05) is 186 Å². The average molecular weight is 671 g/mol. The number of aryl methyl sites for hydroxylation is 1. The van der Waals surface area contributed by atoms with Crippen molar-refractivity contribution in [3.05, 3.63) is 42.0 Å². The van der Waals surface area contributed by atoms with Crippen LogP contribution < -0.4 is 0 Å². The van der Waals surface area contributed by atoms with E-state index >= 15 is 0 Å². The van der Waals surface area contributed by atoms with Gasteiger partial charge in [-0.25, -0.2) is 0 Å². The molecule has 1 rings (SSSR count). The van der Waals surface area contributed by atoms with Crippen LogP contribution in [-0.4, -0.2) is 53.9 Å². The molecule has 0 aliphatic heterocycles. The van der Waals surface area contributed by atoms with E-state index in [1.807, 2.05) is 12.1 Å². The Morgan fingerprint density at radius 1 is 0.500 bits per heavy atom. The summed E-state index contributed by atoms with van der Waals surface area (Å²) < 4.78 is 0. The maximum absolute atomic E-state index is 10.3. The van der Waals surface area contributed by atoms with Gasteiger partial charge in [-0.2, -0.15) is 0 Å². The van der Waals surface area contributed by atoms with E-state index < -0.39 is 5.97 Å². The molecule has 0 bridgehead atoms. The molecule has 0 aromatic heterocycles. The number of carboxylic acids is 1. The molecule has 266 valence electrons. The molecule has 0 radical (unpaired) electrons. The Hall–Kier alpha value is -0.510. The Balaban J connectivity index is 0. The summed E-state index contributed by atoms with van der Waals surface area (Å²) >= 11 is 0. The van der Waals surface area contributed by atoms with E-state index in [9.17, 15) is 9.90 Å². The van der Waals surface area contributed by atoms with Crippen molar-refractivity contribution in [3.8, 4) is 5.75 Å². The first-order valence-corrected chi connectivity index (χ1v) is 19.7. The van der Waals surface area contributed by atoms with E-state index in [4.69, 9.17) is 5.11 Å². The van der Waals surface area contributed by atoms with Crippen molar-refractivity contribution in [2.45, 2.75) is 213 Å². The molecule has 2 N–H and O–H groups in total. The van der Waals surface area contributed by atoms with Gasteiger partial charge in [-0.3, -0.25) is 4.79 Å². The van der Waals surface area contributed by atoms with Crippen LogP contribution in [0.25, 0.3) is 0 Å². The summed E-state index contributed by atoms with van der Waals surface area (Å²) in [6, 6.07) is 7.67. The molecule has 1 aromatic rings. The third-order valence-corrected chi connectivity index (χ3v) is 8.91. The van der Waals surface area contributed by atoms with Crippen molar-refractivity contribution < 1.29 is 15.0 Å². The van der Waals surface area contributed by atoms with E-state index in [1.54, 1.807) is 12.1 Å². The number of aliphatic carboxylic acids is 1. The van der Waals surface area contributed by atoms with E-state index in [1.165, 1.54) is 179 Å². The third kappa shape index (κ3) is 39.7. The zero-order valence-corrected chi connectivity index (χ0v) is 30.2. The van der Waals surface area contributed by atoms with Gasteiger partial charge in [-0.05, 0) is 62.6 Å². The first-order valence-electron chi connectivity index (χ1n) is 19.7. The molecule has 46 heavy (non-hydrogen) atoms. The Bertz CT molecular complexity index is 746. The zero-order chi connectivity index (χ0) is 32.9. The number of hydrogen-bond donors (Lipinski definition) is 2. The van der Waals surface area contributed by atoms with E-state index in [0.29, 0.717) is 12.2 Å². The topological polar surface area (TPSA) is 57.5 Å². The normalized spacial score (nSPS) is 10.9. The van der Waals surface area contributed by atoms with E-state index in [2.05, 4.69) is 26.0 Å². The SMILES string of the molecule is CCCCCCCC/C=C\CCCCCCCC(=O)O.CCCCCCCCCCCCCCCCCCc1ccc(O)cc1.[CaH2]. The summed E-state index contributed by atoms with van der Waals surface area (Å²) in [6.45, 7) is 4.55. The van der Waals surface area contributed by atoms with Crippen molar-refractivity contribution >= 4 is 43.7 Å². The van der Waals surface area contributed by atoms with Gasteiger partial charge in [0.1, 0.15) is 5.75 Å². The third-order valence-electron chi connectivity index (χ3n) is 8.91. The Morgan fingerprint density at radius 3 is 1.20 bits per heavy atom. The fourth-order valence-electron chi connectivity index (χ4n) is 5.89. The number of hydrogen-bond acceptors (Lipinski definition) is 2. The van der Waals surface area contributed by atoms with Crippen LogP contribution in [0.2, 0.25) is 0 Å². The molecular weight excluding hydrogens is 593 g/mol. The first kappa shape index (κ1) is 47.6. The predicted octanol–water partition coefficient (Wildman–Crippen LogP) is 13.4. The van der Waals surface area contributed by atoms with Crippen LogP contribution in [-0.2, 0) is 11.2 Å². The second-order valence-electron chi connectivity index (χ2n) is 13.4. The quantitative estimate of drug-likeness (QED) is 0.0455. The minimum absolute atomic E-state index is 0. The van der Waals surface area contributed by atoms with Crippen molar-refractivity contribution in [1.82, 2.24) is 0 Å². The van der Waals surface area contributed by atoms with Gasteiger partial charge < -0.3 is 10.2 Å². The van der Waals surface area contributed by atoms with Crippen LogP contribution >= 0.6 is 0 Å². The summed E-state index contributed by atoms with van der Waals surface area (Å²) in [6.07, 6.45) is 45.1. The van der Waals surface area contributed by atoms with Gasteiger partial charge in [0.05, 0.1) is 0 Å². The van der Waals surface area contributed by atoms with Gasteiger partial charge in [-0.15, -0.1) is 0 Å². The molecule has 0 saturated heterocycles. The molecule has 0 fully saturated rings. The van der Waals surface area contributed by atoms with Crippen LogP contribution in [0.1, 0.15) is 212 Å². The Labute approximate surface area is 317 Å². The average Bonchev–Trinajstić information content (AvgIpc) is 3.03. The zero-order valence-electron chi connectivity index (χ0n) is 30.2. The molecule has 0 spiro atoms. The fraction of sp³-hybridized carbons (Fsp3) is 0.786. The standard InChI is InChI=1S/C24H42O.C18H34O2.Ca.2H/c1-2-3-4-5-6-7-8-9-10-11-12-13-14-15-16-17-18-23-19-21-24(25)22-20-23;1-2-3-4-5-6-7-8-9-10-11-12-13-14-15-16-17-18(19)20;;;/h19-22,25H,2-18H2,1H3;9-10H,2-8,11-17H2,1H3,(H,19,20);;;/b;10-9-;;;. The number of rotatable bonds is 32. The van der Waals surface area contributed by atoms with E-state index in [0.717, 1.165) is 19.3 Å². The van der Waals surface area contributed by atoms with Gasteiger partial charge in [0.25, 0.3) is 0 Å². The molecule has 1 aromatic carbocycles. The van der Waals surface area contributed by atoms with Crippen LogP contribution in [0.3, 0.4) is 0 Å². The van der Waals surface area contributed by atoms with Gasteiger partial charge >= 0.3 is 43.7 Å². The molecule has 0 amide bonds. The summed E-state index contributed by atoms with van der Waals surface area (Å²) in [5, 5.41) is 17.8. The molecular formula is C42H78CaO3. The van der Waals surface area contributed by atoms with Gasteiger partial charge in [0.2, 0.25) is 0 Å². The van der Waals surface area contributed by atoms with Crippen molar-refractivity contribution in [1.29, 1.82) is 0 Å². The molecule has 0 saturated carbocycles. The minimum atomic E-state index is -0.664. The second kappa shape index (κ2) is 40.7. The summed E-state index contributed by atoms with van der Waals surface area (Å²) in [5.41, 5.74) is 1.35. The Morgan fingerprint density at radius 2 is 0.826 bits per heavy atom. The summed E-state index contributed by atoms with van der Waals surface area (Å²) in [5.74, 6) is -0.293. The maximum atomic E-state index is 10.3. The first-order chi connectivity index (χ1) is 22.1. The molecule has 3 nitrogen and oxygen atoms in total. The number of unbranched alkanes of at least 4 members (excludes halogenated alkanes) is 26. The van der Waals surface area contributed by atoms with Crippen LogP contribution in [0.15, 0.2) is 36.4 Å².